The third kappa shape index (κ3) is 4.08. The molecule has 0 amide bonds. The molecule has 0 spiro atoms. The van der Waals surface area contributed by atoms with Gasteiger partial charge in [0.1, 0.15) is 12.4 Å². The van der Waals surface area contributed by atoms with Crippen molar-refractivity contribution in [3.63, 3.8) is 0 Å². The Kier molecular flexibility index (Phi) is 5.20. The lowest BCUT2D eigenvalue weighted by Crippen LogP contribution is -2.09. The van der Waals surface area contributed by atoms with Crippen LogP contribution >= 0.6 is 15.9 Å². The topological polar surface area (TPSA) is 52.3 Å². The number of hydrogen-bond donors (Lipinski definition) is 1. The predicted octanol–water partition coefficient (Wildman–Crippen LogP) is 3.53. The summed E-state index contributed by atoms with van der Waals surface area (Å²) in [6.07, 6.45) is 0. The molecule has 5 heteroatoms. The summed E-state index contributed by atoms with van der Waals surface area (Å²) in [7, 11) is -1.07. The van der Waals surface area contributed by atoms with Gasteiger partial charge >= 0.3 is 0 Å². The van der Waals surface area contributed by atoms with Crippen LogP contribution in [0.1, 0.15) is 5.56 Å². The minimum atomic E-state index is -1.07. The van der Waals surface area contributed by atoms with Crippen molar-refractivity contribution >= 4 is 32.4 Å². The fourth-order valence-electron chi connectivity index (χ4n) is 1.70. The van der Waals surface area contributed by atoms with E-state index in [2.05, 4.69) is 15.9 Å². The van der Waals surface area contributed by atoms with Crippen molar-refractivity contribution in [3.05, 3.63) is 52.5 Å². The second-order valence-electron chi connectivity index (χ2n) is 4.37. The van der Waals surface area contributed by atoms with Crippen LogP contribution < -0.4 is 10.5 Å². The fourth-order valence-corrected chi connectivity index (χ4v) is 3.08. The summed E-state index contributed by atoms with van der Waals surface area (Å²) in [4.78, 5) is 0.787. The first-order valence-corrected chi connectivity index (χ1v) is 8.30. The first kappa shape index (κ1) is 15.1. The molecule has 0 saturated carbocycles. The minimum absolute atomic E-state index is 0.409. The van der Waals surface area contributed by atoms with Crippen molar-refractivity contribution in [3.8, 4) is 5.75 Å². The first-order chi connectivity index (χ1) is 9.56. The Morgan fingerprint density at radius 2 is 2.05 bits per heavy atom. The molecule has 2 N–H and O–H groups in total. The van der Waals surface area contributed by atoms with Crippen molar-refractivity contribution in [2.24, 2.45) is 0 Å². The molecule has 0 aliphatic heterocycles. The molecular formula is C15H16BrNO2S. The van der Waals surface area contributed by atoms with Gasteiger partial charge in [-0.3, -0.25) is 4.21 Å². The molecule has 3 nitrogen and oxygen atoms in total. The average molecular weight is 354 g/mol. The van der Waals surface area contributed by atoms with E-state index in [0.717, 1.165) is 26.4 Å². The maximum Gasteiger partial charge on any atom is 0.120 e. The van der Waals surface area contributed by atoms with Gasteiger partial charge in [-0.1, -0.05) is 22.0 Å². The fraction of sp³-hybridized carbons (Fsp3) is 0.200. The van der Waals surface area contributed by atoms with Gasteiger partial charge in [0.15, 0.2) is 0 Å². The van der Waals surface area contributed by atoms with Gasteiger partial charge in [-0.15, -0.1) is 0 Å². The molecular weight excluding hydrogens is 338 g/mol. The summed E-state index contributed by atoms with van der Waals surface area (Å²) < 4.78 is 18.7. The van der Waals surface area contributed by atoms with E-state index < -0.39 is 10.8 Å². The van der Waals surface area contributed by atoms with Crippen molar-refractivity contribution in [2.75, 3.05) is 18.1 Å². The molecule has 106 valence electrons. The van der Waals surface area contributed by atoms with E-state index in [0.29, 0.717) is 12.4 Å². The van der Waals surface area contributed by atoms with Crippen LogP contribution in [0.4, 0.5) is 5.69 Å². The number of anilines is 1. The lowest BCUT2D eigenvalue weighted by Gasteiger charge is -2.08. The van der Waals surface area contributed by atoms with E-state index in [-0.39, 0.29) is 0 Å². The van der Waals surface area contributed by atoms with Gasteiger partial charge in [0.2, 0.25) is 0 Å². The molecule has 0 radical (unpaired) electrons. The molecule has 0 saturated heterocycles. The molecule has 1 unspecified atom stereocenters. The van der Waals surface area contributed by atoms with Crippen LogP contribution in [-0.2, 0) is 10.8 Å². The molecule has 20 heavy (non-hydrogen) atoms. The van der Waals surface area contributed by atoms with Crippen LogP contribution in [0.15, 0.2) is 51.8 Å². The largest absolute Gasteiger partial charge is 0.493 e. The molecule has 1 atom stereocenters. The lowest BCUT2D eigenvalue weighted by atomic mass is 10.2. The van der Waals surface area contributed by atoms with Crippen molar-refractivity contribution in [1.29, 1.82) is 0 Å². The van der Waals surface area contributed by atoms with Crippen LogP contribution in [0.2, 0.25) is 0 Å². The average Bonchev–Trinajstić information content (AvgIpc) is 2.42. The Labute approximate surface area is 129 Å². The maximum absolute atomic E-state index is 12.1. The van der Waals surface area contributed by atoms with Gasteiger partial charge < -0.3 is 10.5 Å². The highest BCUT2D eigenvalue weighted by Gasteiger charge is 2.06. The second kappa shape index (κ2) is 6.90. The second-order valence-corrected chi connectivity index (χ2v) is 6.86. The first-order valence-electron chi connectivity index (χ1n) is 6.19. The summed E-state index contributed by atoms with van der Waals surface area (Å²) in [6, 6.07) is 13.1. The number of rotatable bonds is 5. The number of nitrogens with two attached hydrogens (primary N) is 1. The van der Waals surface area contributed by atoms with Crippen molar-refractivity contribution in [1.82, 2.24) is 0 Å². The minimum Gasteiger partial charge on any atom is -0.493 e. The molecule has 0 aliphatic rings. The molecule has 0 heterocycles. The van der Waals surface area contributed by atoms with Crippen LogP contribution in [0.25, 0.3) is 0 Å². The van der Waals surface area contributed by atoms with Gasteiger partial charge in [-0.25, -0.2) is 0 Å². The highest BCUT2D eigenvalue weighted by atomic mass is 79.9. The number of halogens is 1. The third-order valence-corrected chi connectivity index (χ3v) is 4.65. The Morgan fingerprint density at radius 3 is 2.75 bits per heavy atom. The SMILES string of the molecule is Cc1cc(S(=O)CCOc2cccc(Br)c2)ccc1N. The molecule has 0 aliphatic carbocycles. The van der Waals surface area contributed by atoms with E-state index in [9.17, 15) is 4.21 Å². The zero-order valence-electron chi connectivity index (χ0n) is 11.1. The summed E-state index contributed by atoms with van der Waals surface area (Å²) in [5, 5.41) is 0. The van der Waals surface area contributed by atoms with E-state index >= 15 is 0 Å². The zero-order chi connectivity index (χ0) is 14.5. The molecule has 2 rings (SSSR count). The highest BCUT2D eigenvalue weighted by molar-refractivity contribution is 9.10. The zero-order valence-corrected chi connectivity index (χ0v) is 13.5. The van der Waals surface area contributed by atoms with Gasteiger partial charge in [-0.2, -0.15) is 0 Å². The maximum atomic E-state index is 12.1. The summed E-state index contributed by atoms with van der Waals surface area (Å²) in [6.45, 7) is 2.32. The number of benzene rings is 2. The monoisotopic (exact) mass is 353 g/mol. The number of aryl methyl sites for hydroxylation is 1. The predicted molar refractivity (Wildman–Crippen MR) is 86.5 cm³/mol. The summed E-state index contributed by atoms with van der Waals surface area (Å²) in [5.41, 5.74) is 7.42. The Morgan fingerprint density at radius 1 is 1.25 bits per heavy atom. The number of nitrogen functional groups attached to an aromatic ring is 1. The molecule has 2 aromatic carbocycles. The molecule has 0 bridgehead atoms. The van der Waals surface area contributed by atoms with Crippen molar-refractivity contribution in [2.45, 2.75) is 11.8 Å². The summed E-state index contributed by atoms with van der Waals surface area (Å²) in [5.74, 6) is 1.22. The third-order valence-electron chi connectivity index (χ3n) is 2.84. The Balaban J connectivity index is 1.90. The van der Waals surface area contributed by atoms with Crippen molar-refractivity contribution < 1.29 is 8.95 Å². The van der Waals surface area contributed by atoms with E-state index in [1.807, 2.05) is 37.3 Å². The molecule has 0 fully saturated rings. The lowest BCUT2D eigenvalue weighted by molar-refractivity contribution is 0.342. The van der Waals surface area contributed by atoms with E-state index in [1.54, 1.807) is 12.1 Å². The van der Waals surface area contributed by atoms with Crippen LogP contribution in [-0.4, -0.2) is 16.6 Å². The highest BCUT2D eigenvalue weighted by Crippen LogP contribution is 2.18. The normalized spacial score (nSPS) is 12.1. The van der Waals surface area contributed by atoms with Gasteiger partial charge in [0.05, 0.1) is 16.6 Å². The standard InChI is InChI=1S/C15H16BrNO2S/c1-11-9-14(5-6-15(11)17)20(18)8-7-19-13-4-2-3-12(16)10-13/h2-6,9-10H,7-8,17H2,1H3. The van der Waals surface area contributed by atoms with Gasteiger partial charge in [-0.05, 0) is 48.9 Å². The molecule has 0 aromatic heterocycles. The van der Waals surface area contributed by atoms with Crippen LogP contribution in [0, 0.1) is 6.92 Å². The Bertz CT molecular complexity index is 631. The molecule has 2 aromatic rings. The number of ether oxygens (including phenoxy) is 1. The van der Waals surface area contributed by atoms with E-state index in [1.165, 1.54) is 0 Å². The van der Waals surface area contributed by atoms with Crippen LogP contribution in [0.3, 0.4) is 0 Å². The Hall–Kier alpha value is -1.33. The smallest absolute Gasteiger partial charge is 0.120 e. The summed E-state index contributed by atoms with van der Waals surface area (Å²) >= 11 is 3.38. The van der Waals surface area contributed by atoms with Gasteiger partial charge in [0.25, 0.3) is 0 Å². The number of hydrogen-bond acceptors (Lipinski definition) is 3. The quantitative estimate of drug-likeness (QED) is 0.836. The van der Waals surface area contributed by atoms with E-state index in [4.69, 9.17) is 10.5 Å². The van der Waals surface area contributed by atoms with Gasteiger partial charge in [0, 0.05) is 15.1 Å². The van der Waals surface area contributed by atoms with Crippen LogP contribution in [0.5, 0.6) is 5.75 Å².